The Hall–Kier alpha value is -5.80. The maximum absolute atomic E-state index is 2.61. The van der Waals surface area contributed by atoms with Gasteiger partial charge in [0, 0.05) is 44.0 Å². The number of hydrogen-bond donors (Lipinski definition) is 0. The first kappa shape index (κ1) is 30.8. The third-order valence-electron chi connectivity index (χ3n) is 12.2. The van der Waals surface area contributed by atoms with Crippen molar-refractivity contribution in [2.75, 3.05) is 0 Å². The second-order valence-electron chi connectivity index (χ2n) is 17.4. The molecular formula is C50H41BN2. The summed E-state index contributed by atoms with van der Waals surface area (Å²) in [5, 5.41) is 5.31. The molecule has 11 rings (SSSR count). The highest BCUT2D eigenvalue weighted by atomic mass is 15.0. The first-order valence-corrected chi connectivity index (χ1v) is 19.1. The minimum atomic E-state index is 0.0345. The Kier molecular flexibility index (Phi) is 6.05. The zero-order chi connectivity index (χ0) is 36.0. The van der Waals surface area contributed by atoms with E-state index < -0.39 is 0 Å². The molecule has 0 saturated heterocycles. The molecule has 0 N–H and O–H groups in total. The predicted molar refractivity (Wildman–Crippen MR) is 228 cm³/mol. The van der Waals surface area contributed by atoms with Gasteiger partial charge in [-0.3, -0.25) is 0 Å². The molecule has 2 nitrogen and oxygen atoms in total. The second kappa shape index (κ2) is 10.4. The van der Waals surface area contributed by atoms with E-state index in [0.717, 1.165) is 0 Å². The Bertz CT molecular complexity index is 3000. The van der Waals surface area contributed by atoms with Crippen LogP contribution >= 0.6 is 0 Å². The third-order valence-corrected chi connectivity index (χ3v) is 12.2. The quantitative estimate of drug-likeness (QED) is 0.161. The zero-order valence-corrected chi connectivity index (χ0v) is 31.3. The summed E-state index contributed by atoms with van der Waals surface area (Å²) in [6, 6.07) is 53.3. The number of rotatable bonds is 2. The van der Waals surface area contributed by atoms with Gasteiger partial charge in [0.15, 0.2) is 0 Å². The molecule has 2 aromatic heterocycles. The van der Waals surface area contributed by atoms with E-state index in [1.807, 2.05) is 0 Å². The summed E-state index contributed by atoms with van der Waals surface area (Å²) in [5.74, 6) is 0. The lowest BCUT2D eigenvalue weighted by Gasteiger charge is -2.34. The molecule has 53 heavy (non-hydrogen) atoms. The van der Waals surface area contributed by atoms with Gasteiger partial charge in [0.25, 0.3) is 6.71 Å². The Morgan fingerprint density at radius 2 is 0.906 bits per heavy atom. The van der Waals surface area contributed by atoms with Gasteiger partial charge >= 0.3 is 0 Å². The van der Waals surface area contributed by atoms with Crippen molar-refractivity contribution in [1.29, 1.82) is 0 Å². The van der Waals surface area contributed by atoms with E-state index in [1.165, 1.54) is 105 Å². The van der Waals surface area contributed by atoms with E-state index in [0.29, 0.717) is 0 Å². The molecule has 0 bridgehead atoms. The number of para-hydroxylation sites is 1. The van der Waals surface area contributed by atoms with E-state index in [1.54, 1.807) is 0 Å². The SMILES string of the molecule is CC(C)(C)c1ccc2c(c1)c1cccc3c1n2-c1cc(-c2ccccc2)cc2c1B3c1cc(-c3ccccc3)cc3c4cc(C(C)(C)C)ccc4n-2c13. The molecule has 0 saturated carbocycles. The third kappa shape index (κ3) is 4.22. The monoisotopic (exact) mass is 680 g/mol. The molecule has 0 unspecified atom stereocenters. The number of hydrogen-bond acceptors (Lipinski definition) is 0. The lowest BCUT2D eigenvalue weighted by atomic mass is 9.34. The van der Waals surface area contributed by atoms with Crippen LogP contribution in [-0.2, 0) is 10.8 Å². The van der Waals surface area contributed by atoms with Crippen LogP contribution in [0.3, 0.4) is 0 Å². The summed E-state index contributed by atoms with van der Waals surface area (Å²) < 4.78 is 5.21. The molecule has 9 aromatic rings. The van der Waals surface area contributed by atoms with Gasteiger partial charge in [-0.1, -0.05) is 139 Å². The fraction of sp³-hybridized carbons (Fsp3) is 0.160. The van der Waals surface area contributed by atoms with Gasteiger partial charge in [-0.25, -0.2) is 0 Å². The molecule has 0 atom stereocenters. The summed E-state index contributed by atoms with van der Waals surface area (Å²) in [6.45, 7) is 14.0. The van der Waals surface area contributed by atoms with Crippen molar-refractivity contribution in [3.05, 3.63) is 151 Å². The van der Waals surface area contributed by atoms with Gasteiger partial charge in [-0.15, -0.1) is 0 Å². The highest BCUT2D eigenvalue weighted by Gasteiger charge is 2.41. The Morgan fingerprint density at radius 1 is 0.396 bits per heavy atom. The first-order chi connectivity index (χ1) is 25.6. The van der Waals surface area contributed by atoms with Crippen LogP contribution in [0, 0.1) is 0 Å². The first-order valence-electron chi connectivity index (χ1n) is 19.1. The molecule has 0 radical (unpaired) electrons. The maximum Gasteiger partial charge on any atom is 0.252 e. The molecule has 0 aliphatic carbocycles. The van der Waals surface area contributed by atoms with Gasteiger partial charge in [-0.05, 0) is 103 Å². The van der Waals surface area contributed by atoms with Gasteiger partial charge in [0.1, 0.15) is 0 Å². The fourth-order valence-corrected chi connectivity index (χ4v) is 9.52. The molecule has 254 valence electrons. The fourth-order valence-electron chi connectivity index (χ4n) is 9.52. The van der Waals surface area contributed by atoms with Crippen LogP contribution in [0.1, 0.15) is 52.7 Å². The van der Waals surface area contributed by atoms with Crippen molar-refractivity contribution in [3.63, 3.8) is 0 Å². The minimum absolute atomic E-state index is 0.0345. The van der Waals surface area contributed by atoms with Gasteiger partial charge in [0.05, 0.1) is 11.0 Å². The average molecular weight is 681 g/mol. The van der Waals surface area contributed by atoms with Crippen molar-refractivity contribution in [3.8, 4) is 33.6 Å². The van der Waals surface area contributed by atoms with Gasteiger partial charge < -0.3 is 9.13 Å². The molecule has 3 heteroatoms. The van der Waals surface area contributed by atoms with E-state index in [9.17, 15) is 0 Å². The highest BCUT2D eigenvalue weighted by molar-refractivity contribution is 7.00. The molecule has 4 heterocycles. The Morgan fingerprint density at radius 3 is 1.45 bits per heavy atom. The van der Waals surface area contributed by atoms with Crippen LogP contribution in [0.5, 0.6) is 0 Å². The molecule has 0 fully saturated rings. The number of nitrogens with zero attached hydrogens (tertiary/aromatic N) is 2. The maximum atomic E-state index is 2.61. The van der Waals surface area contributed by atoms with Crippen molar-refractivity contribution < 1.29 is 0 Å². The lowest BCUT2D eigenvalue weighted by Crippen LogP contribution is -2.59. The van der Waals surface area contributed by atoms with Crippen molar-refractivity contribution >= 4 is 66.7 Å². The highest BCUT2D eigenvalue weighted by Crippen LogP contribution is 2.43. The summed E-state index contributed by atoms with van der Waals surface area (Å²) >= 11 is 0. The molecular weight excluding hydrogens is 639 g/mol. The van der Waals surface area contributed by atoms with E-state index in [2.05, 4.69) is 190 Å². The van der Waals surface area contributed by atoms with Crippen LogP contribution in [0.2, 0.25) is 0 Å². The number of aromatic nitrogens is 2. The topological polar surface area (TPSA) is 9.86 Å². The molecule has 7 aromatic carbocycles. The Balaban J connectivity index is 1.35. The second-order valence-corrected chi connectivity index (χ2v) is 17.4. The van der Waals surface area contributed by atoms with Crippen LogP contribution in [0.4, 0.5) is 0 Å². The largest absolute Gasteiger partial charge is 0.310 e. The average Bonchev–Trinajstić information content (AvgIpc) is 3.68. The standard InChI is InChI=1S/C50H41BN2/c1-49(2,3)34-20-22-42-37(28-34)36-18-13-19-40-47(36)52(42)44-26-33(31-16-11-8-12-17-31)27-45-46(44)51(40)41-25-32(30-14-9-7-10-15-30)24-39-38-29-35(50(4,5)6)21-23-43(38)53(45)48(39)41/h7-29H,1-6H3. The van der Waals surface area contributed by atoms with E-state index >= 15 is 0 Å². The number of benzene rings is 7. The predicted octanol–water partition coefficient (Wildman–Crippen LogP) is 11.0. The van der Waals surface area contributed by atoms with Gasteiger partial charge in [-0.2, -0.15) is 0 Å². The van der Waals surface area contributed by atoms with Crippen LogP contribution in [0.15, 0.2) is 140 Å². The number of fused-ring (bicyclic) bond motifs is 10. The lowest BCUT2D eigenvalue weighted by molar-refractivity contribution is 0.591. The zero-order valence-electron chi connectivity index (χ0n) is 31.3. The summed E-state index contributed by atoms with van der Waals surface area (Å²) in [7, 11) is 0. The van der Waals surface area contributed by atoms with Gasteiger partial charge in [0.2, 0.25) is 0 Å². The molecule has 0 spiro atoms. The summed E-state index contributed by atoms with van der Waals surface area (Å²) in [4.78, 5) is 0. The van der Waals surface area contributed by atoms with Crippen LogP contribution in [0.25, 0.3) is 77.2 Å². The smallest absolute Gasteiger partial charge is 0.252 e. The van der Waals surface area contributed by atoms with Crippen LogP contribution in [-0.4, -0.2) is 15.8 Å². The van der Waals surface area contributed by atoms with Crippen molar-refractivity contribution in [2.24, 2.45) is 0 Å². The minimum Gasteiger partial charge on any atom is -0.310 e. The molecule has 0 amide bonds. The van der Waals surface area contributed by atoms with E-state index in [-0.39, 0.29) is 17.5 Å². The molecule has 2 aliphatic heterocycles. The summed E-state index contributed by atoms with van der Waals surface area (Å²) in [6.07, 6.45) is 0. The van der Waals surface area contributed by atoms with Crippen molar-refractivity contribution in [2.45, 2.75) is 52.4 Å². The van der Waals surface area contributed by atoms with Crippen LogP contribution < -0.4 is 16.4 Å². The normalized spacial score (nSPS) is 13.4. The van der Waals surface area contributed by atoms with Crippen molar-refractivity contribution in [1.82, 2.24) is 9.13 Å². The Labute approximate surface area is 311 Å². The van der Waals surface area contributed by atoms with E-state index in [4.69, 9.17) is 0 Å². The summed E-state index contributed by atoms with van der Waals surface area (Å²) in [5.41, 5.74) is 19.7. The molecule has 2 aliphatic rings.